The van der Waals surface area contributed by atoms with E-state index in [4.69, 9.17) is 16.3 Å². The molecule has 1 N–H and O–H groups in total. The zero-order chi connectivity index (χ0) is 19.3. The molecule has 0 atom stereocenters. The molecule has 2 aromatic rings. The van der Waals surface area contributed by atoms with Gasteiger partial charge in [-0.15, -0.1) is 0 Å². The molecule has 1 saturated heterocycles. The van der Waals surface area contributed by atoms with E-state index < -0.39 is 10.0 Å². The highest BCUT2D eigenvalue weighted by atomic mass is 35.5. The first-order valence-corrected chi connectivity index (χ1v) is 10.7. The molecule has 0 amide bonds. The van der Waals surface area contributed by atoms with Crippen molar-refractivity contribution in [1.82, 2.24) is 9.62 Å². The van der Waals surface area contributed by atoms with E-state index in [1.165, 1.54) is 10.4 Å². The third kappa shape index (κ3) is 5.27. The van der Waals surface area contributed by atoms with Crippen molar-refractivity contribution in [1.29, 1.82) is 0 Å². The number of sulfonamides is 1. The largest absolute Gasteiger partial charge is 0.379 e. The average molecular weight is 413 g/mol. The second kappa shape index (κ2) is 9.12. The van der Waals surface area contributed by atoms with Crippen LogP contribution in [0.1, 0.15) is 16.7 Å². The fourth-order valence-electron chi connectivity index (χ4n) is 3.01. The average Bonchev–Trinajstić information content (AvgIpc) is 2.66. The highest BCUT2D eigenvalue weighted by molar-refractivity contribution is 7.88. The summed E-state index contributed by atoms with van der Waals surface area (Å²) in [5, 5.41) is 3.52. The molecule has 146 valence electrons. The van der Waals surface area contributed by atoms with Gasteiger partial charge in [-0.25, -0.2) is 12.8 Å². The molecule has 0 aromatic heterocycles. The van der Waals surface area contributed by atoms with Gasteiger partial charge in [-0.1, -0.05) is 41.9 Å². The van der Waals surface area contributed by atoms with Crippen LogP contribution in [0.3, 0.4) is 0 Å². The number of benzene rings is 2. The first-order valence-electron chi connectivity index (χ1n) is 8.73. The number of ether oxygens (including phenoxy) is 1. The summed E-state index contributed by atoms with van der Waals surface area (Å²) >= 11 is 6.04. The Kier molecular flexibility index (Phi) is 6.83. The number of hydrogen-bond acceptors (Lipinski definition) is 4. The molecule has 1 fully saturated rings. The van der Waals surface area contributed by atoms with E-state index >= 15 is 0 Å². The van der Waals surface area contributed by atoms with Crippen LogP contribution in [0.25, 0.3) is 0 Å². The molecule has 2 aromatic carbocycles. The molecule has 5 nitrogen and oxygen atoms in total. The Morgan fingerprint density at radius 1 is 1.04 bits per heavy atom. The summed E-state index contributed by atoms with van der Waals surface area (Å²) in [5.74, 6) is -0.427. The smallest absolute Gasteiger partial charge is 0.218 e. The first kappa shape index (κ1) is 20.2. The lowest BCUT2D eigenvalue weighted by molar-refractivity contribution is 0.0729. The van der Waals surface area contributed by atoms with E-state index in [9.17, 15) is 12.8 Å². The van der Waals surface area contributed by atoms with Gasteiger partial charge in [0.1, 0.15) is 5.82 Å². The summed E-state index contributed by atoms with van der Waals surface area (Å²) in [4.78, 5) is 0. The van der Waals surface area contributed by atoms with Crippen LogP contribution in [0.4, 0.5) is 4.39 Å². The maximum absolute atomic E-state index is 13.9. The van der Waals surface area contributed by atoms with Gasteiger partial charge in [0.2, 0.25) is 10.0 Å². The number of morpholine rings is 1. The topological polar surface area (TPSA) is 58.6 Å². The molecule has 0 unspecified atom stereocenters. The predicted molar refractivity (Wildman–Crippen MR) is 103 cm³/mol. The summed E-state index contributed by atoms with van der Waals surface area (Å²) in [6.45, 7) is 2.29. The molecule has 1 heterocycles. The Morgan fingerprint density at radius 2 is 1.74 bits per heavy atom. The summed E-state index contributed by atoms with van der Waals surface area (Å²) in [6, 6.07) is 11.9. The van der Waals surface area contributed by atoms with Crippen molar-refractivity contribution in [2.45, 2.75) is 18.8 Å². The maximum Gasteiger partial charge on any atom is 0.218 e. The van der Waals surface area contributed by atoms with Gasteiger partial charge in [-0.2, -0.15) is 4.31 Å². The summed E-state index contributed by atoms with van der Waals surface area (Å²) < 4.78 is 45.9. The van der Waals surface area contributed by atoms with Gasteiger partial charge in [0, 0.05) is 36.8 Å². The van der Waals surface area contributed by atoms with Crippen LogP contribution in [0.2, 0.25) is 5.02 Å². The van der Waals surface area contributed by atoms with Crippen molar-refractivity contribution >= 4 is 21.6 Å². The van der Waals surface area contributed by atoms with Gasteiger partial charge < -0.3 is 10.1 Å². The number of halogens is 2. The summed E-state index contributed by atoms with van der Waals surface area (Å²) in [5.41, 5.74) is 2.00. The molecule has 1 aliphatic heterocycles. The van der Waals surface area contributed by atoms with E-state index in [0.717, 1.165) is 11.1 Å². The molecule has 8 heteroatoms. The minimum atomic E-state index is -3.41. The van der Waals surface area contributed by atoms with Crippen LogP contribution >= 0.6 is 11.6 Å². The normalized spacial score (nSPS) is 15.8. The SMILES string of the molecule is O=S(=O)(Cc1ccccc1CNCc1c(F)cccc1Cl)N1CCOCC1. The zero-order valence-electron chi connectivity index (χ0n) is 14.8. The molecular formula is C19H22ClFN2O3S. The molecule has 0 saturated carbocycles. The zero-order valence-corrected chi connectivity index (χ0v) is 16.4. The quantitative estimate of drug-likeness (QED) is 0.759. The first-order chi connectivity index (χ1) is 13.0. The fraction of sp³-hybridized carbons (Fsp3) is 0.368. The molecule has 0 bridgehead atoms. The fourth-order valence-corrected chi connectivity index (χ4v) is 4.80. The maximum atomic E-state index is 13.9. The second-order valence-corrected chi connectivity index (χ2v) is 8.72. The number of nitrogens with one attached hydrogen (secondary N) is 1. The molecule has 0 radical (unpaired) electrons. The summed E-state index contributed by atoms with van der Waals surface area (Å²) in [7, 11) is -3.41. The predicted octanol–water partition coefficient (Wildman–Crippen LogP) is 2.93. The van der Waals surface area contributed by atoms with Crippen LogP contribution in [-0.4, -0.2) is 39.0 Å². The third-order valence-electron chi connectivity index (χ3n) is 4.50. The Morgan fingerprint density at radius 3 is 2.44 bits per heavy atom. The van der Waals surface area contributed by atoms with Gasteiger partial charge in [-0.3, -0.25) is 0 Å². The highest BCUT2D eigenvalue weighted by Crippen LogP contribution is 2.20. The van der Waals surface area contributed by atoms with Gasteiger partial charge in [0.05, 0.1) is 19.0 Å². The van der Waals surface area contributed by atoms with Crippen LogP contribution in [0, 0.1) is 5.82 Å². The van der Waals surface area contributed by atoms with Crippen LogP contribution < -0.4 is 5.32 Å². The minimum Gasteiger partial charge on any atom is -0.379 e. The Bertz CT molecular complexity index is 866. The molecular weight excluding hydrogens is 391 g/mol. The molecule has 3 rings (SSSR count). The molecule has 27 heavy (non-hydrogen) atoms. The monoisotopic (exact) mass is 412 g/mol. The van der Waals surface area contributed by atoms with E-state index in [1.54, 1.807) is 12.1 Å². The lowest BCUT2D eigenvalue weighted by Crippen LogP contribution is -2.41. The Hall–Kier alpha value is -1.51. The number of hydrogen-bond donors (Lipinski definition) is 1. The van der Waals surface area contributed by atoms with Crippen molar-refractivity contribution in [2.24, 2.45) is 0 Å². The lowest BCUT2D eigenvalue weighted by atomic mass is 10.1. The van der Waals surface area contributed by atoms with Gasteiger partial charge in [0.25, 0.3) is 0 Å². The minimum absolute atomic E-state index is 0.0642. The standard InChI is InChI=1S/C19H22ClFN2O3S/c20-18-6-3-7-19(21)17(18)13-22-12-15-4-1-2-5-16(15)14-27(24,25)23-8-10-26-11-9-23/h1-7,22H,8-14H2. The van der Waals surface area contributed by atoms with E-state index in [2.05, 4.69) is 5.32 Å². The van der Waals surface area contributed by atoms with Crippen molar-refractivity contribution in [3.8, 4) is 0 Å². The van der Waals surface area contributed by atoms with Crippen molar-refractivity contribution in [3.05, 3.63) is 70.0 Å². The molecule has 0 spiro atoms. The van der Waals surface area contributed by atoms with Gasteiger partial charge in [0.15, 0.2) is 0 Å². The Labute approximate surface area is 164 Å². The van der Waals surface area contributed by atoms with Crippen molar-refractivity contribution < 1.29 is 17.5 Å². The Balaban J connectivity index is 1.67. The lowest BCUT2D eigenvalue weighted by Gasteiger charge is -2.26. The number of nitrogens with zero attached hydrogens (tertiary/aromatic N) is 1. The van der Waals surface area contributed by atoms with E-state index in [0.29, 0.717) is 43.4 Å². The number of rotatable bonds is 7. The van der Waals surface area contributed by atoms with Crippen molar-refractivity contribution in [3.63, 3.8) is 0 Å². The van der Waals surface area contributed by atoms with Gasteiger partial charge >= 0.3 is 0 Å². The van der Waals surface area contributed by atoms with Crippen molar-refractivity contribution in [2.75, 3.05) is 26.3 Å². The summed E-state index contributed by atoms with van der Waals surface area (Å²) in [6.07, 6.45) is 0. The molecule has 1 aliphatic rings. The van der Waals surface area contributed by atoms with E-state index in [1.807, 2.05) is 24.3 Å². The molecule has 0 aliphatic carbocycles. The van der Waals surface area contributed by atoms with Gasteiger partial charge in [-0.05, 0) is 23.3 Å². The van der Waals surface area contributed by atoms with Crippen LogP contribution in [-0.2, 0) is 33.6 Å². The third-order valence-corrected chi connectivity index (χ3v) is 6.68. The highest BCUT2D eigenvalue weighted by Gasteiger charge is 2.25. The van der Waals surface area contributed by atoms with E-state index in [-0.39, 0.29) is 18.1 Å². The van der Waals surface area contributed by atoms with Crippen LogP contribution in [0.5, 0.6) is 0 Å². The second-order valence-electron chi connectivity index (χ2n) is 6.34. The van der Waals surface area contributed by atoms with Crippen LogP contribution in [0.15, 0.2) is 42.5 Å².